The van der Waals surface area contributed by atoms with Crippen LogP contribution in [0, 0.1) is 17.3 Å². The van der Waals surface area contributed by atoms with E-state index in [4.69, 9.17) is 4.84 Å². The molecule has 0 aromatic heterocycles. The van der Waals surface area contributed by atoms with E-state index in [9.17, 15) is 0 Å². The van der Waals surface area contributed by atoms with Gasteiger partial charge in [0.15, 0.2) is 0 Å². The monoisotopic (exact) mass is 175 g/mol. The van der Waals surface area contributed by atoms with Gasteiger partial charge in [0.05, 0.1) is 11.1 Å². The topological polar surface area (TPSA) is 21.6 Å². The summed E-state index contributed by atoms with van der Waals surface area (Å²) in [5.41, 5.74) is 1.76. The third-order valence-corrected chi connectivity index (χ3v) is 4.49. The van der Waals surface area contributed by atoms with Crippen LogP contribution in [-0.2, 0) is 4.84 Å². The second-order valence-corrected chi connectivity index (χ2v) is 4.85. The Bertz CT molecular complexity index is 333. The van der Waals surface area contributed by atoms with Crippen LogP contribution in [0.25, 0.3) is 0 Å². The molecular weight excluding hydrogens is 162 g/mol. The zero-order valence-corrected chi connectivity index (χ0v) is 7.57. The highest BCUT2D eigenvalue weighted by atomic mass is 16.6. The number of hydrogen-bond acceptors (Lipinski definition) is 2. The van der Waals surface area contributed by atoms with Gasteiger partial charge in [-0.05, 0) is 31.6 Å². The summed E-state index contributed by atoms with van der Waals surface area (Å²) in [6.07, 6.45) is 10.3. The molecule has 68 valence electrons. The van der Waals surface area contributed by atoms with Gasteiger partial charge in [-0.3, -0.25) is 0 Å². The van der Waals surface area contributed by atoms with Gasteiger partial charge in [0, 0.05) is 5.92 Å². The van der Waals surface area contributed by atoms with Gasteiger partial charge in [-0.2, -0.15) is 0 Å². The zero-order valence-electron chi connectivity index (χ0n) is 7.57. The molecule has 0 aromatic carbocycles. The maximum Gasteiger partial charge on any atom is 0.145 e. The van der Waals surface area contributed by atoms with Crippen LogP contribution in [0.3, 0.4) is 0 Å². The minimum absolute atomic E-state index is 0.374. The van der Waals surface area contributed by atoms with Crippen molar-refractivity contribution in [1.82, 2.24) is 0 Å². The van der Waals surface area contributed by atoms with Gasteiger partial charge in [0.25, 0.3) is 0 Å². The number of allylic oxidation sites excluding steroid dienone is 1. The van der Waals surface area contributed by atoms with Crippen molar-refractivity contribution < 1.29 is 4.84 Å². The molecule has 13 heavy (non-hydrogen) atoms. The van der Waals surface area contributed by atoms with E-state index in [1.807, 2.05) is 0 Å². The van der Waals surface area contributed by atoms with Crippen LogP contribution in [-0.4, -0.2) is 11.8 Å². The molecule has 4 unspecified atom stereocenters. The maximum absolute atomic E-state index is 5.61. The van der Waals surface area contributed by atoms with Crippen LogP contribution >= 0.6 is 0 Å². The summed E-state index contributed by atoms with van der Waals surface area (Å²) in [4.78, 5) is 5.61. The molecule has 0 amide bonds. The summed E-state index contributed by atoms with van der Waals surface area (Å²) in [7, 11) is 0. The van der Waals surface area contributed by atoms with Crippen LogP contribution in [0.15, 0.2) is 17.3 Å². The number of oxime groups is 1. The predicted octanol–water partition coefficient (Wildman–Crippen LogP) is 2.12. The van der Waals surface area contributed by atoms with E-state index in [-0.39, 0.29) is 0 Å². The Hall–Kier alpha value is -0.790. The highest BCUT2D eigenvalue weighted by Gasteiger charge is 2.64. The Balaban J connectivity index is 1.92. The largest absolute Gasteiger partial charge is 0.391 e. The summed E-state index contributed by atoms with van der Waals surface area (Å²) in [6.45, 7) is 0. The van der Waals surface area contributed by atoms with Gasteiger partial charge in [-0.1, -0.05) is 17.3 Å². The molecule has 4 atom stereocenters. The third kappa shape index (κ3) is 0.534. The Kier molecular flexibility index (Phi) is 0.938. The number of hydrogen-bond donors (Lipinski definition) is 0. The molecule has 4 aliphatic rings. The van der Waals surface area contributed by atoms with Gasteiger partial charge in [-0.25, -0.2) is 0 Å². The molecule has 2 bridgehead atoms. The van der Waals surface area contributed by atoms with Crippen LogP contribution in [0.1, 0.15) is 25.7 Å². The average Bonchev–Trinajstić information content (AvgIpc) is 2.78. The summed E-state index contributed by atoms with van der Waals surface area (Å²) in [5, 5.41) is 4.29. The van der Waals surface area contributed by atoms with Crippen LogP contribution in [0.5, 0.6) is 0 Å². The van der Waals surface area contributed by atoms with E-state index in [0.29, 0.717) is 17.4 Å². The molecular formula is C11H13NO. The molecule has 1 heterocycles. The quantitative estimate of drug-likeness (QED) is 0.517. The van der Waals surface area contributed by atoms with Crippen LogP contribution in [0.2, 0.25) is 0 Å². The molecule has 2 heteroatoms. The predicted molar refractivity (Wildman–Crippen MR) is 49.3 cm³/mol. The molecule has 0 N–H and O–H groups in total. The number of rotatable bonds is 0. The highest BCUT2D eigenvalue weighted by Crippen LogP contribution is 2.62. The van der Waals surface area contributed by atoms with Gasteiger partial charge in [0.2, 0.25) is 0 Å². The van der Waals surface area contributed by atoms with Gasteiger partial charge >= 0.3 is 0 Å². The van der Waals surface area contributed by atoms with Crippen molar-refractivity contribution in [2.24, 2.45) is 22.4 Å². The standard InChI is InChI=1S/C11H13NO/c1-2-9-11(5-1)8-4-3-7(6-8)10(11)13-12-9/h3-4,7-8,10H,1-2,5-6H2. The maximum atomic E-state index is 5.61. The normalized spacial score (nSPS) is 54.8. The van der Waals surface area contributed by atoms with Crippen molar-refractivity contribution in [3.8, 4) is 0 Å². The summed E-state index contributed by atoms with van der Waals surface area (Å²) in [6, 6.07) is 0. The highest BCUT2D eigenvalue weighted by molar-refractivity contribution is 5.94. The Morgan fingerprint density at radius 1 is 1.46 bits per heavy atom. The van der Waals surface area contributed by atoms with E-state index >= 15 is 0 Å². The molecule has 4 rings (SSSR count). The van der Waals surface area contributed by atoms with Crippen molar-refractivity contribution >= 4 is 5.71 Å². The zero-order chi connectivity index (χ0) is 8.47. The summed E-state index contributed by atoms with van der Waals surface area (Å²) in [5.74, 6) is 1.43. The minimum atomic E-state index is 0.374. The lowest BCUT2D eigenvalue weighted by molar-refractivity contribution is 0.0135. The number of nitrogens with zero attached hydrogens (tertiary/aromatic N) is 1. The first-order valence-electron chi connectivity index (χ1n) is 5.33. The van der Waals surface area contributed by atoms with Gasteiger partial charge in [0.1, 0.15) is 6.10 Å². The lowest BCUT2D eigenvalue weighted by Gasteiger charge is -2.31. The fraction of sp³-hybridized carbons (Fsp3) is 0.727. The lowest BCUT2D eigenvalue weighted by Crippen LogP contribution is -2.38. The van der Waals surface area contributed by atoms with Crippen LogP contribution in [0.4, 0.5) is 0 Å². The Morgan fingerprint density at radius 2 is 2.46 bits per heavy atom. The molecule has 2 saturated carbocycles. The molecule has 2 nitrogen and oxygen atoms in total. The first-order chi connectivity index (χ1) is 6.41. The number of fused-ring (bicyclic) bond motifs is 3. The average molecular weight is 175 g/mol. The molecule has 3 aliphatic carbocycles. The fourth-order valence-corrected chi connectivity index (χ4v) is 3.98. The third-order valence-electron chi connectivity index (χ3n) is 4.49. The first-order valence-corrected chi connectivity index (χ1v) is 5.33. The van der Waals surface area contributed by atoms with E-state index in [1.165, 1.54) is 31.4 Å². The van der Waals surface area contributed by atoms with Crippen molar-refractivity contribution in [3.05, 3.63) is 12.2 Å². The SMILES string of the molecule is C1=CC2CC1C1ON=C3CCCC321. The second-order valence-electron chi connectivity index (χ2n) is 4.85. The van der Waals surface area contributed by atoms with Gasteiger partial charge in [-0.15, -0.1) is 0 Å². The van der Waals surface area contributed by atoms with E-state index in [0.717, 1.165) is 5.92 Å². The molecule has 1 spiro atoms. The van der Waals surface area contributed by atoms with Gasteiger partial charge < -0.3 is 4.84 Å². The van der Waals surface area contributed by atoms with E-state index in [2.05, 4.69) is 17.3 Å². The Labute approximate surface area is 77.6 Å². The second kappa shape index (κ2) is 1.84. The molecule has 0 radical (unpaired) electrons. The smallest absolute Gasteiger partial charge is 0.145 e. The molecule has 2 fully saturated rings. The first kappa shape index (κ1) is 6.63. The van der Waals surface area contributed by atoms with Crippen molar-refractivity contribution in [3.63, 3.8) is 0 Å². The van der Waals surface area contributed by atoms with E-state index < -0.39 is 0 Å². The molecule has 1 aliphatic heterocycles. The van der Waals surface area contributed by atoms with E-state index in [1.54, 1.807) is 0 Å². The molecule has 0 aromatic rings. The van der Waals surface area contributed by atoms with Crippen molar-refractivity contribution in [2.45, 2.75) is 31.8 Å². The summed E-state index contributed by atoms with van der Waals surface area (Å²) >= 11 is 0. The fourth-order valence-electron chi connectivity index (χ4n) is 3.98. The van der Waals surface area contributed by atoms with Crippen molar-refractivity contribution in [2.75, 3.05) is 0 Å². The van der Waals surface area contributed by atoms with Crippen LogP contribution < -0.4 is 0 Å². The van der Waals surface area contributed by atoms with Crippen molar-refractivity contribution in [1.29, 1.82) is 0 Å². The molecule has 0 saturated heterocycles. The minimum Gasteiger partial charge on any atom is -0.391 e. The summed E-state index contributed by atoms with van der Waals surface area (Å²) < 4.78 is 0. The Morgan fingerprint density at radius 3 is 3.46 bits per heavy atom. The lowest BCUT2D eigenvalue weighted by atomic mass is 9.72.